The highest BCUT2D eigenvalue weighted by Crippen LogP contribution is 2.15. The first-order valence-electron chi connectivity index (χ1n) is 30.0. The molecule has 3 N–H and O–H groups in total. The number of amides is 1. The highest BCUT2D eigenvalue weighted by Gasteiger charge is 2.18. The highest BCUT2D eigenvalue weighted by molar-refractivity contribution is 5.76. The van der Waals surface area contributed by atoms with Crippen LogP contribution >= 0.6 is 0 Å². The van der Waals surface area contributed by atoms with Gasteiger partial charge in [-0.05, 0) is 109 Å². The summed E-state index contributed by atoms with van der Waals surface area (Å²) in [5.41, 5.74) is 0. The van der Waals surface area contributed by atoms with Gasteiger partial charge in [-0.25, -0.2) is 0 Å². The monoisotopic (exact) mass is 992 g/mol. The number of carbonyl (C=O) groups excluding carboxylic acids is 1. The lowest BCUT2D eigenvalue weighted by Crippen LogP contribution is -2.45. The number of aliphatic hydroxyl groups is 2. The van der Waals surface area contributed by atoms with Crippen LogP contribution in [0.2, 0.25) is 0 Å². The van der Waals surface area contributed by atoms with Crippen LogP contribution in [0.3, 0.4) is 0 Å². The minimum Gasteiger partial charge on any atom is -0.394 e. The van der Waals surface area contributed by atoms with Crippen LogP contribution < -0.4 is 5.32 Å². The van der Waals surface area contributed by atoms with Gasteiger partial charge < -0.3 is 15.5 Å². The number of hydrogen-bond donors (Lipinski definition) is 3. The number of carbonyl (C=O) groups is 1. The van der Waals surface area contributed by atoms with Gasteiger partial charge in [0, 0.05) is 6.42 Å². The molecule has 0 aliphatic carbocycles. The Morgan fingerprint density at radius 2 is 0.625 bits per heavy atom. The van der Waals surface area contributed by atoms with Crippen LogP contribution in [0.5, 0.6) is 0 Å². The van der Waals surface area contributed by atoms with Gasteiger partial charge in [0.15, 0.2) is 0 Å². The van der Waals surface area contributed by atoms with Gasteiger partial charge in [0.05, 0.1) is 18.8 Å². The average Bonchev–Trinajstić information content (AvgIpc) is 3.39. The Hall–Kier alpha value is -3.73. The number of nitrogens with one attached hydrogen (secondary N) is 1. The third kappa shape index (κ3) is 57.2. The van der Waals surface area contributed by atoms with Gasteiger partial charge in [-0.1, -0.05) is 288 Å². The Balaban J connectivity index is 3.65. The summed E-state index contributed by atoms with van der Waals surface area (Å²) >= 11 is 0. The van der Waals surface area contributed by atoms with Gasteiger partial charge >= 0.3 is 0 Å². The number of hydrogen-bond acceptors (Lipinski definition) is 3. The van der Waals surface area contributed by atoms with Crippen LogP contribution in [0, 0.1) is 0 Å². The Labute approximate surface area is 446 Å². The molecule has 0 saturated carbocycles. The fourth-order valence-corrected chi connectivity index (χ4v) is 8.28. The Morgan fingerprint density at radius 3 is 0.972 bits per heavy atom. The maximum Gasteiger partial charge on any atom is 0.220 e. The van der Waals surface area contributed by atoms with Gasteiger partial charge in [0.25, 0.3) is 0 Å². The topological polar surface area (TPSA) is 69.6 Å². The molecule has 1 amide bonds. The van der Waals surface area contributed by atoms with Crippen molar-refractivity contribution in [3.63, 3.8) is 0 Å². The second-order valence-electron chi connectivity index (χ2n) is 19.7. The van der Waals surface area contributed by atoms with Crippen molar-refractivity contribution in [3.05, 3.63) is 146 Å². The van der Waals surface area contributed by atoms with Gasteiger partial charge in [-0.3, -0.25) is 4.79 Å². The van der Waals surface area contributed by atoms with E-state index in [1.807, 2.05) is 6.08 Å². The van der Waals surface area contributed by atoms with Gasteiger partial charge in [-0.15, -0.1) is 0 Å². The molecule has 0 aromatic heterocycles. The summed E-state index contributed by atoms with van der Waals surface area (Å²) in [6, 6.07) is -0.655. The SMILES string of the molecule is CC/C=C\C/C=C\C/C=C\C/C=C\C/C=C\C/C=C\C/C=C\C/C=C\C/C=C\C/C=C\CCCCCCCCCCC(=O)NC(CO)C(O)/C=C/CC/C=C/CCCCCCCCCCCCCCCCC. The third-order valence-electron chi connectivity index (χ3n) is 12.8. The lowest BCUT2D eigenvalue weighted by molar-refractivity contribution is -0.123. The van der Waals surface area contributed by atoms with Gasteiger partial charge in [0.2, 0.25) is 5.91 Å². The molecule has 0 bridgehead atoms. The number of allylic oxidation sites excluding steroid dienone is 23. The van der Waals surface area contributed by atoms with Crippen molar-refractivity contribution in [2.75, 3.05) is 6.61 Å². The molecule has 2 unspecified atom stereocenters. The van der Waals surface area contributed by atoms with Crippen LogP contribution in [0.4, 0.5) is 0 Å². The highest BCUT2D eigenvalue weighted by atomic mass is 16.3. The molecule has 0 fully saturated rings. The van der Waals surface area contributed by atoms with E-state index in [2.05, 4.69) is 153 Å². The first-order valence-corrected chi connectivity index (χ1v) is 30.0. The molecule has 0 spiro atoms. The van der Waals surface area contributed by atoms with Crippen molar-refractivity contribution in [1.82, 2.24) is 5.32 Å². The Bertz CT molecular complexity index is 1500. The molecule has 0 aromatic rings. The van der Waals surface area contributed by atoms with Crippen molar-refractivity contribution in [2.45, 2.75) is 270 Å². The van der Waals surface area contributed by atoms with Crippen LogP contribution in [0.1, 0.15) is 258 Å². The Morgan fingerprint density at radius 1 is 0.347 bits per heavy atom. The molecule has 0 aliphatic rings. The van der Waals surface area contributed by atoms with Crippen molar-refractivity contribution in [1.29, 1.82) is 0 Å². The first kappa shape index (κ1) is 68.3. The first-order chi connectivity index (χ1) is 35.7. The number of aliphatic hydroxyl groups excluding tert-OH is 2. The van der Waals surface area contributed by atoms with Crippen molar-refractivity contribution in [3.8, 4) is 0 Å². The van der Waals surface area contributed by atoms with Crippen LogP contribution in [0.15, 0.2) is 146 Å². The fourth-order valence-electron chi connectivity index (χ4n) is 8.28. The fraction of sp³-hybridized carbons (Fsp3) is 0.632. The molecule has 0 aliphatic heterocycles. The lowest BCUT2D eigenvalue weighted by atomic mass is 10.0. The minimum absolute atomic E-state index is 0.0871. The van der Waals surface area contributed by atoms with E-state index >= 15 is 0 Å². The summed E-state index contributed by atoms with van der Waals surface area (Å²) < 4.78 is 0. The number of rotatable bonds is 53. The summed E-state index contributed by atoms with van der Waals surface area (Å²) in [5, 5.41) is 23.2. The largest absolute Gasteiger partial charge is 0.394 e. The van der Waals surface area contributed by atoms with E-state index < -0.39 is 12.1 Å². The molecule has 408 valence electrons. The summed E-state index contributed by atoms with van der Waals surface area (Å²) in [6.45, 7) is 4.18. The van der Waals surface area contributed by atoms with E-state index in [4.69, 9.17) is 0 Å². The molecule has 4 heteroatoms. The molecule has 72 heavy (non-hydrogen) atoms. The van der Waals surface area contributed by atoms with Crippen LogP contribution in [-0.2, 0) is 4.79 Å². The molecule has 0 aromatic carbocycles. The maximum absolute atomic E-state index is 12.5. The quantitative estimate of drug-likeness (QED) is 0.0420. The molecule has 4 nitrogen and oxygen atoms in total. The zero-order chi connectivity index (χ0) is 52.0. The van der Waals surface area contributed by atoms with E-state index in [-0.39, 0.29) is 12.5 Å². The Kier molecular flexibility index (Phi) is 58.4. The summed E-state index contributed by atoms with van der Waals surface area (Å²) in [7, 11) is 0. The number of unbranched alkanes of at least 4 members (excludes halogenated alkanes) is 24. The molecule has 0 heterocycles. The van der Waals surface area contributed by atoms with Gasteiger partial charge in [-0.2, -0.15) is 0 Å². The third-order valence-corrected chi connectivity index (χ3v) is 12.8. The van der Waals surface area contributed by atoms with E-state index in [9.17, 15) is 15.0 Å². The predicted molar refractivity (Wildman–Crippen MR) is 321 cm³/mol. The molecular weight excluding hydrogens is 879 g/mol. The lowest BCUT2D eigenvalue weighted by Gasteiger charge is -2.19. The standard InChI is InChI=1S/C68H113NO3/c1-3-5-7-9-11-13-15-17-19-21-23-25-26-27-28-29-30-31-32-33-34-35-36-37-38-39-40-41-42-44-46-48-50-52-54-56-58-60-62-64-68(72)69-66(65-70)67(71)63-61-59-57-55-53-51-49-47-45-43-24-22-20-18-16-14-12-10-8-6-4-2/h5,7,11,13,17,19,23,25,27-28,30-31,33-34,36-37,39-40,42,44,53,55,61,63,66-67,70-71H,3-4,6,8-10,12,14-16,18,20-22,24,26,29,32,35,38,41,43,45-52,54,56-60,62,64-65H2,1-2H3,(H,69,72)/b7-5-,13-11-,19-17-,25-23-,28-27-,31-30-,34-33-,37-36-,40-39-,44-42-,55-53+,63-61+. The van der Waals surface area contributed by atoms with E-state index in [0.29, 0.717) is 6.42 Å². The summed E-state index contributed by atoms with van der Waals surface area (Å²) in [6.07, 6.45) is 97.3. The van der Waals surface area contributed by atoms with Gasteiger partial charge in [0.1, 0.15) is 0 Å². The predicted octanol–water partition coefficient (Wildman–Crippen LogP) is 20.4. The van der Waals surface area contributed by atoms with E-state index in [0.717, 1.165) is 109 Å². The molecular formula is C68H113NO3. The maximum atomic E-state index is 12.5. The normalized spacial score (nSPS) is 13.9. The zero-order valence-corrected chi connectivity index (χ0v) is 46.9. The van der Waals surface area contributed by atoms with Crippen molar-refractivity contribution >= 4 is 5.91 Å². The van der Waals surface area contributed by atoms with Crippen LogP contribution in [-0.4, -0.2) is 34.9 Å². The second-order valence-corrected chi connectivity index (χ2v) is 19.7. The second kappa shape index (κ2) is 61.6. The van der Waals surface area contributed by atoms with Crippen LogP contribution in [0.25, 0.3) is 0 Å². The molecule has 0 saturated heterocycles. The summed E-state index contributed by atoms with van der Waals surface area (Å²) in [5.74, 6) is -0.0871. The average molecular weight is 993 g/mol. The van der Waals surface area contributed by atoms with E-state index in [1.54, 1.807) is 6.08 Å². The van der Waals surface area contributed by atoms with E-state index in [1.165, 1.54) is 128 Å². The minimum atomic E-state index is -0.876. The summed E-state index contributed by atoms with van der Waals surface area (Å²) in [4.78, 5) is 12.5. The van der Waals surface area contributed by atoms with Crippen molar-refractivity contribution in [2.24, 2.45) is 0 Å². The molecule has 0 rings (SSSR count). The zero-order valence-electron chi connectivity index (χ0n) is 46.9. The van der Waals surface area contributed by atoms with Crippen molar-refractivity contribution < 1.29 is 15.0 Å². The molecule has 2 atom stereocenters. The smallest absolute Gasteiger partial charge is 0.220 e. The molecule has 0 radical (unpaired) electrons.